The Morgan fingerprint density at radius 3 is 2.43 bits per heavy atom. The Morgan fingerprint density at radius 2 is 1.73 bits per heavy atom. The van der Waals surface area contributed by atoms with E-state index in [2.05, 4.69) is 10.6 Å². The van der Waals surface area contributed by atoms with Gasteiger partial charge in [-0.3, -0.25) is 14.5 Å². The summed E-state index contributed by atoms with van der Waals surface area (Å²) in [5.41, 5.74) is 1.90. The van der Waals surface area contributed by atoms with E-state index in [0.717, 1.165) is 16.0 Å². The first-order valence-corrected chi connectivity index (χ1v) is 9.69. The number of aryl methyl sites for hydroxylation is 2. The summed E-state index contributed by atoms with van der Waals surface area (Å²) in [4.78, 5) is 39.0. The average Bonchev–Trinajstić information content (AvgIpc) is 2.91. The second kappa shape index (κ2) is 7.37. The number of rotatable bonds is 4. The van der Waals surface area contributed by atoms with E-state index in [4.69, 9.17) is 9.47 Å². The van der Waals surface area contributed by atoms with Crippen molar-refractivity contribution in [1.29, 1.82) is 0 Å². The number of hydrogen-bond acceptors (Lipinski definition) is 5. The van der Waals surface area contributed by atoms with Gasteiger partial charge < -0.3 is 20.1 Å². The summed E-state index contributed by atoms with van der Waals surface area (Å²) >= 11 is 0. The van der Waals surface area contributed by atoms with Crippen molar-refractivity contribution >= 4 is 23.5 Å². The van der Waals surface area contributed by atoms with Crippen molar-refractivity contribution in [2.45, 2.75) is 26.3 Å². The van der Waals surface area contributed by atoms with E-state index in [1.807, 2.05) is 32.0 Å². The monoisotopic (exact) mass is 409 g/mol. The van der Waals surface area contributed by atoms with Gasteiger partial charge in [0.25, 0.3) is 5.91 Å². The van der Waals surface area contributed by atoms with Crippen LogP contribution in [-0.2, 0) is 15.1 Å². The maximum Gasteiger partial charge on any atom is 0.325 e. The molecule has 8 heteroatoms. The van der Waals surface area contributed by atoms with Crippen molar-refractivity contribution < 1.29 is 23.9 Å². The highest BCUT2D eigenvalue weighted by Gasteiger charge is 2.49. The molecule has 4 rings (SSSR count). The van der Waals surface area contributed by atoms with Crippen molar-refractivity contribution in [3.05, 3.63) is 53.1 Å². The van der Waals surface area contributed by atoms with Crippen molar-refractivity contribution in [3.63, 3.8) is 0 Å². The molecule has 1 saturated heterocycles. The fourth-order valence-electron chi connectivity index (χ4n) is 3.78. The highest BCUT2D eigenvalue weighted by Crippen LogP contribution is 2.36. The molecule has 0 radical (unpaired) electrons. The molecule has 0 aliphatic carbocycles. The highest BCUT2D eigenvalue weighted by molar-refractivity contribution is 6.10. The largest absolute Gasteiger partial charge is 0.486 e. The molecule has 0 spiro atoms. The van der Waals surface area contributed by atoms with Gasteiger partial charge in [-0.15, -0.1) is 0 Å². The summed E-state index contributed by atoms with van der Waals surface area (Å²) in [6.45, 7) is 5.97. The van der Waals surface area contributed by atoms with E-state index in [-0.39, 0.29) is 6.54 Å². The Kier molecular flexibility index (Phi) is 4.85. The van der Waals surface area contributed by atoms with E-state index in [1.54, 1.807) is 25.1 Å². The zero-order valence-electron chi connectivity index (χ0n) is 17.1. The molecule has 30 heavy (non-hydrogen) atoms. The molecule has 2 heterocycles. The van der Waals surface area contributed by atoms with Crippen LogP contribution >= 0.6 is 0 Å². The Hall–Kier alpha value is -3.55. The summed E-state index contributed by atoms with van der Waals surface area (Å²) in [7, 11) is 0. The second-order valence-electron chi connectivity index (χ2n) is 7.73. The molecule has 8 nitrogen and oxygen atoms in total. The van der Waals surface area contributed by atoms with Crippen LogP contribution in [0.5, 0.6) is 11.5 Å². The van der Waals surface area contributed by atoms with Crippen molar-refractivity contribution in [3.8, 4) is 11.5 Å². The van der Waals surface area contributed by atoms with Crippen LogP contribution in [0.25, 0.3) is 0 Å². The summed E-state index contributed by atoms with van der Waals surface area (Å²) < 4.78 is 11.1. The predicted octanol–water partition coefficient (Wildman–Crippen LogP) is 2.48. The predicted molar refractivity (Wildman–Crippen MR) is 110 cm³/mol. The van der Waals surface area contributed by atoms with Crippen LogP contribution in [0.1, 0.15) is 23.6 Å². The van der Waals surface area contributed by atoms with Gasteiger partial charge in [0, 0.05) is 5.69 Å². The van der Waals surface area contributed by atoms with Gasteiger partial charge in [0.05, 0.1) is 0 Å². The van der Waals surface area contributed by atoms with Gasteiger partial charge in [-0.25, -0.2) is 4.79 Å². The standard InChI is InChI=1S/C22H23N3O5/c1-13-8-14(2)10-16(9-13)23-19(26)12-25-20(27)22(3,24-21(25)28)15-4-5-17-18(11-15)30-7-6-29-17/h4-5,8-11H,6-7,12H2,1-3H3,(H,23,26)(H,24,28). The van der Waals surface area contributed by atoms with Crippen LogP contribution in [0.15, 0.2) is 36.4 Å². The second-order valence-corrected chi connectivity index (χ2v) is 7.73. The number of carbonyl (C=O) groups excluding carboxylic acids is 3. The number of carbonyl (C=O) groups is 3. The van der Waals surface area contributed by atoms with E-state index in [1.165, 1.54) is 0 Å². The molecule has 2 aromatic carbocycles. The Labute approximate surface area is 174 Å². The third-order valence-corrected chi connectivity index (χ3v) is 5.20. The zero-order valence-corrected chi connectivity index (χ0v) is 17.1. The maximum absolute atomic E-state index is 13.1. The van der Waals surface area contributed by atoms with Crippen molar-refractivity contribution in [2.75, 3.05) is 25.1 Å². The molecule has 4 amide bonds. The molecule has 2 aliphatic rings. The van der Waals surface area contributed by atoms with Gasteiger partial charge in [-0.1, -0.05) is 12.1 Å². The Balaban J connectivity index is 1.51. The molecule has 156 valence electrons. The normalized spacial score (nSPS) is 20.2. The van der Waals surface area contributed by atoms with E-state index in [9.17, 15) is 14.4 Å². The summed E-state index contributed by atoms with van der Waals surface area (Å²) in [6.07, 6.45) is 0. The van der Waals surface area contributed by atoms with E-state index < -0.39 is 23.4 Å². The molecular weight excluding hydrogens is 386 g/mol. The lowest BCUT2D eigenvalue weighted by atomic mass is 9.91. The number of urea groups is 1. The molecule has 1 fully saturated rings. The number of nitrogens with one attached hydrogen (secondary N) is 2. The molecule has 1 atom stereocenters. The topological polar surface area (TPSA) is 97.0 Å². The minimum Gasteiger partial charge on any atom is -0.486 e. The van der Waals surface area contributed by atoms with Crippen LogP contribution < -0.4 is 20.1 Å². The number of imide groups is 1. The molecule has 2 N–H and O–H groups in total. The Bertz CT molecular complexity index is 1030. The van der Waals surface area contributed by atoms with Gasteiger partial charge in [0.2, 0.25) is 5.91 Å². The maximum atomic E-state index is 13.1. The first-order valence-electron chi connectivity index (χ1n) is 9.69. The van der Waals surface area contributed by atoms with Crippen LogP contribution in [0.3, 0.4) is 0 Å². The van der Waals surface area contributed by atoms with Gasteiger partial charge in [0.15, 0.2) is 11.5 Å². The van der Waals surface area contributed by atoms with Crippen LogP contribution in [-0.4, -0.2) is 42.5 Å². The first kappa shape index (κ1) is 19.8. The minimum absolute atomic E-state index is 0.377. The molecule has 1 unspecified atom stereocenters. The average molecular weight is 409 g/mol. The number of amides is 4. The third kappa shape index (κ3) is 3.56. The third-order valence-electron chi connectivity index (χ3n) is 5.20. The number of anilines is 1. The van der Waals surface area contributed by atoms with Gasteiger partial charge in [-0.2, -0.15) is 0 Å². The minimum atomic E-state index is -1.30. The number of hydrogen-bond donors (Lipinski definition) is 2. The number of ether oxygens (including phenoxy) is 2. The lowest BCUT2D eigenvalue weighted by Crippen LogP contribution is -2.42. The number of nitrogens with zero attached hydrogens (tertiary/aromatic N) is 1. The first-order chi connectivity index (χ1) is 14.3. The summed E-state index contributed by atoms with van der Waals surface area (Å²) in [6, 6.07) is 10.1. The molecule has 0 bridgehead atoms. The summed E-state index contributed by atoms with van der Waals surface area (Å²) in [5.74, 6) is 0.165. The van der Waals surface area contributed by atoms with Crippen molar-refractivity contribution in [1.82, 2.24) is 10.2 Å². The van der Waals surface area contributed by atoms with Gasteiger partial charge in [-0.05, 0) is 61.7 Å². The smallest absolute Gasteiger partial charge is 0.325 e. The summed E-state index contributed by atoms with van der Waals surface area (Å²) in [5, 5.41) is 5.45. The highest BCUT2D eigenvalue weighted by atomic mass is 16.6. The van der Waals surface area contributed by atoms with Crippen molar-refractivity contribution in [2.24, 2.45) is 0 Å². The van der Waals surface area contributed by atoms with E-state index >= 15 is 0 Å². The number of fused-ring (bicyclic) bond motifs is 1. The molecule has 0 aromatic heterocycles. The quantitative estimate of drug-likeness (QED) is 0.757. The van der Waals surface area contributed by atoms with Crippen LogP contribution in [0.2, 0.25) is 0 Å². The molecule has 2 aromatic rings. The van der Waals surface area contributed by atoms with Crippen LogP contribution in [0.4, 0.5) is 10.5 Å². The molecule has 0 saturated carbocycles. The van der Waals surface area contributed by atoms with Crippen LogP contribution in [0, 0.1) is 13.8 Å². The fraction of sp³-hybridized carbons (Fsp3) is 0.318. The molecule has 2 aliphatic heterocycles. The lowest BCUT2D eigenvalue weighted by Gasteiger charge is -2.25. The molecular formula is C22H23N3O5. The van der Waals surface area contributed by atoms with Gasteiger partial charge >= 0.3 is 6.03 Å². The SMILES string of the molecule is Cc1cc(C)cc(NC(=O)CN2C(=O)NC(C)(c3ccc4c(c3)OCCO4)C2=O)c1. The lowest BCUT2D eigenvalue weighted by molar-refractivity contribution is -0.133. The van der Waals surface area contributed by atoms with E-state index in [0.29, 0.717) is 36.0 Å². The fourth-order valence-corrected chi connectivity index (χ4v) is 3.78. The zero-order chi connectivity index (χ0) is 21.5. The van der Waals surface area contributed by atoms with Gasteiger partial charge in [0.1, 0.15) is 25.3 Å². The Morgan fingerprint density at radius 1 is 1.07 bits per heavy atom. The number of benzene rings is 2.